The van der Waals surface area contributed by atoms with E-state index in [4.69, 9.17) is 4.74 Å². The van der Waals surface area contributed by atoms with Gasteiger partial charge in [0, 0.05) is 10.5 Å². The molecule has 21 heavy (non-hydrogen) atoms. The van der Waals surface area contributed by atoms with Crippen molar-refractivity contribution in [3.63, 3.8) is 0 Å². The van der Waals surface area contributed by atoms with Crippen molar-refractivity contribution in [1.82, 2.24) is 0 Å². The summed E-state index contributed by atoms with van der Waals surface area (Å²) in [6.45, 7) is 2.68. The topological polar surface area (TPSA) is 38.3 Å². The average molecular weight is 301 g/mol. The lowest BCUT2D eigenvalue weighted by molar-refractivity contribution is 0.102. The Morgan fingerprint density at radius 2 is 1.86 bits per heavy atom. The fraction of sp³-hybridized carbons (Fsp3) is 0.235. The molecule has 0 aliphatic heterocycles. The van der Waals surface area contributed by atoms with Gasteiger partial charge >= 0.3 is 0 Å². The highest BCUT2D eigenvalue weighted by atomic mass is 32.2. The zero-order valence-corrected chi connectivity index (χ0v) is 13.1. The maximum atomic E-state index is 12.3. The van der Waals surface area contributed by atoms with Gasteiger partial charge in [0.15, 0.2) is 0 Å². The molecule has 0 heterocycles. The minimum absolute atomic E-state index is 0.129. The highest BCUT2D eigenvalue weighted by Crippen LogP contribution is 2.24. The Morgan fingerprint density at radius 1 is 1.14 bits per heavy atom. The molecule has 2 aromatic carbocycles. The first-order valence-corrected chi connectivity index (χ1v) is 8.14. The Kier molecular flexibility index (Phi) is 5.69. The van der Waals surface area contributed by atoms with E-state index in [1.54, 1.807) is 11.8 Å². The number of ether oxygens (including phenoxy) is 1. The molecule has 0 aromatic heterocycles. The van der Waals surface area contributed by atoms with Crippen LogP contribution in [0.25, 0.3) is 0 Å². The summed E-state index contributed by atoms with van der Waals surface area (Å²) >= 11 is 1.65. The largest absolute Gasteiger partial charge is 0.491 e. The predicted molar refractivity (Wildman–Crippen MR) is 88.4 cm³/mol. The second-order valence-electron chi connectivity index (χ2n) is 4.53. The second kappa shape index (κ2) is 7.74. The van der Waals surface area contributed by atoms with Crippen LogP contribution in [0.5, 0.6) is 5.75 Å². The van der Waals surface area contributed by atoms with Crippen molar-refractivity contribution in [3.05, 3.63) is 54.1 Å². The minimum Gasteiger partial charge on any atom is -0.491 e. The number of nitrogens with one attached hydrogen (secondary N) is 1. The number of amides is 1. The van der Waals surface area contributed by atoms with Gasteiger partial charge in [0.1, 0.15) is 5.75 Å². The van der Waals surface area contributed by atoms with Crippen molar-refractivity contribution in [2.24, 2.45) is 0 Å². The molecule has 0 radical (unpaired) electrons. The third-order valence-corrected chi connectivity index (χ3v) is 3.69. The first-order valence-electron chi connectivity index (χ1n) is 6.92. The zero-order valence-electron chi connectivity index (χ0n) is 12.3. The van der Waals surface area contributed by atoms with E-state index in [-0.39, 0.29) is 5.91 Å². The van der Waals surface area contributed by atoms with E-state index in [1.807, 2.05) is 54.8 Å². The van der Waals surface area contributed by atoms with Gasteiger partial charge in [-0.25, -0.2) is 0 Å². The molecule has 0 saturated heterocycles. The molecule has 2 aromatic rings. The first-order chi connectivity index (χ1) is 10.2. The lowest BCUT2D eigenvalue weighted by Crippen LogP contribution is -2.13. The van der Waals surface area contributed by atoms with Gasteiger partial charge < -0.3 is 10.1 Å². The van der Waals surface area contributed by atoms with Crippen molar-refractivity contribution in [3.8, 4) is 5.75 Å². The number of anilines is 1. The molecule has 0 unspecified atom stereocenters. The lowest BCUT2D eigenvalue weighted by atomic mass is 10.2. The highest BCUT2D eigenvalue weighted by Gasteiger charge is 2.09. The van der Waals surface area contributed by atoms with Gasteiger partial charge in [-0.05, 0) is 49.1 Å². The van der Waals surface area contributed by atoms with Gasteiger partial charge in [0.2, 0.25) is 0 Å². The van der Waals surface area contributed by atoms with E-state index >= 15 is 0 Å². The molecule has 1 N–H and O–H groups in total. The van der Waals surface area contributed by atoms with Crippen LogP contribution in [-0.4, -0.2) is 18.8 Å². The number of carbonyl (C=O) groups is 1. The molecule has 0 bridgehead atoms. The molecule has 4 heteroatoms. The predicted octanol–water partition coefficient (Wildman–Crippen LogP) is 4.45. The van der Waals surface area contributed by atoms with Gasteiger partial charge in [-0.15, -0.1) is 11.8 Å². The van der Waals surface area contributed by atoms with E-state index in [0.29, 0.717) is 23.6 Å². The summed E-state index contributed by atoms with van der Waals surface area (Å²) in [5.74, 6) is 0.573. The average Bonchev–Trinajstić information content (AvgIpc) is 2.54. The van der Waals surface area contributed by atoms with Crippen molar-refractivity contribution in [2.45, 2.75) is 18.2 Å². The third kappa shape index (κ3) is 4.26. The van der Waals surface area contributed by atoms with Gasteiger partial charge in [-0.2, -0.15) is 0 Å². The van der Waals surface area contributed by atoms with Crippen LogP contribution in [0.3, 0.4) is 0 Å². The molecule has 0 aliphatic carbocycles. The summed E-state index contributed by atoms with van der Waals surface area (Å²) < 4.78 is 5.64. The summed E-state index contributed by atoms with van der Waals surface area (Å²) in [5.41, 5.74) is 1.34. The molecule has 0 fully saturated rings. The van der Waals surface area contributed by atoms with E-state index < -0.39 is 0 Å². The van der Waals surface area contributed by atoms with E-state index in [2.05, 4.69) is 12.2 Å². The van der Waals surface area contributed by atoms with Crippen LogP contribution in [0, 0.1) is 0 Å². The quantitative estimate of drug-likeness (QED) is 0.801. The molecule has 110 valence electrons. The summed E-state index contributed by atoms with van der Waals surface area (Å²) in [6.07, 6.45) is 2.94. The number of carbonyl (C=O) groups excluding carboxylic acids is 1. The summed E-state index contributed by atoms with van der Waals surface area (Å²) in [7, 11) is 0. The Labute approximate surface area is 129 Å². The molecule has 0 spiro atoms. The van der Waals surface area contributed by atoms with Crippen LogP contribution < -0.4 is 10.1 Å². The van der Waals surface area contributed by atoms with Gasteiger partial charge in [-0.3, -0.25) is 4.79 Å². The monoisotopic (exact) mass is 301 g/mol. The van der Waals surface area contributed by atoms with Crippen molar-refractivity contribution in [1.29, 1.82) is 0 Å². The fourth-order valence-electron chi connectivity index (χ4n) is 1.84. The summed E-state index contributed by atoms with van der Waals surface area (Å²) in [5, 5.41) is 2.90. The smallest absolute Gasteiger partial charge is 0.255 e. The molecule has 2 rings (SSSR count). The third-order valence-electron chi connectivity index (χ3n) is 2.95. The fourth-order valence-corrected chi connectivity index (χ4v) is 2.25. The number of hydrogen-bond acceptors (Lipinski definition) is 3. The summed E-state index contributed by atoms with van der Waals surface area (Å²) in [4.78, 5) is 13.4. The van der Waals surface area contributed by atoms with Crippen LogP contribution in [0.15, 0.2) is 53.4 Å². The highest BCUT2D eigenvalue weighted by molar-refractivity contribution is 7.98. The maximum Gasteiger partial charge on any atom is 0.255 e. The normalized spacial score (nSPS) is 10.2. The molecular formula is C17H19NO2S. The number of hydrogen-bond donors (Lipinski definition) is 1. The maximum absolute atomic E-state index is 12.3. The molecule has 0 atom stereocenters. The van der Waals surface area contributed by atoms with Gasteiger partial charge in [-0.1, -0.05) is 19.1 Å². The summed E-state index contributed by atoms with van der Waals surface area (Å²) in [6, 6.07) is 15.0. The van der Waals surface area contributed by atoms with Crippen LogP contribution in [0.4, 0.5) is 5.69 Å². The Bertz CT molecular complexity index is 596. The van der Waals surface area contributed by atoms with Crippen LogP contribution in [0.2, 0.25) is 0 Å². The SMILES string of the molecule is CCCOc1ccccc1NC(=O)c1ccc(SC)cc1. The van der Waals surface area contributed by atoms with Gasteiger partial charge in [0.05, 0.1) is 12.3 Å². The Hall–Kier alpha value is -1.94. The number of para-hydroxylation sites is 2. The van der Waals surface area contributed by atoms with Crippen LogP contribution in [0.1, 0.15) is 23.7 Å². The lowest BCUT2D eigenvalue weighted by Gasteiger charge is -2.12. The molecule has 0 saturated carbocycles. The molecular weight excluding hydrogens is 282 g/mol. The number of rotatable bonds is 6. The van der Waals surface area contributed by atoms with Crippen molar-refractivity contribution in [2.75, 3.05) is 18.2 Å². The number of benzene rings is 2. The first kappa shape index (κ1) is 15.4. The van der Waals surface area contributed by atoms with Crippen molar-refractivity contribution < 1.29 is 9.53 Å². The van der Waals surface area contributed by atoms with Crippen molar-refractivity contribution >= 4 is 23.4 Å². The van der Waals surface area contributed by atoms with E-state index in [1.165, 1.54) is 0 Å². The Balaban J connectivity index is 2.11. The zero-order chi connectivity index (χ0) is 15.1. The van der Waals surface area contributed by atoms with E-state index in [0.717, 1.165) is 11.3 Å². The van der Waals surface area contributed by atoms with E-state index in [9.17, 15) is 4.79 Å². The Morgan fingerprint density at radius 3 is 2.52 bits per heavy atom. The van der Waals surface area contributed by atoms with Crippen LogP contribution in [-0.2, 0) is 0 Å². The number of thioether (sulfide) groups is 1. The second-order valence-corrected chi connectivity index (χ2v) is 5.41. The molecule has 0 aliphatic rings. The van der Waals surface area contributed by atoms with Crippen LogP contribution >= 0.6 is 11.8 Å². The molecule has 1 amide bonds. The van der Waals surface area contributed by atoms with Gasteiger partial charge in [0.25, 0.3) is 5.91 Å². The minimum atomic E-state index is -0.129. The molecule has 3 nitrogen and oxygen atoms in total. The standard InChI is InChI=1S/C17H19NO2S/c1-3-12-20-16-7-5-4-6-15(16)18-17(19)13-8-10-14(21-2)11-9-13/h4-11H,3,12H2,1-2H3,(H,18,19).